The number of hydrogen-bond acceptors (Lipinski definition) is 3. The van der Waals surface area contributed by atoms with Crippen LogP contribution in [0.3, 0.4) is 0 Å². The molecule has 0 aliphatic rings. The first kappa shape index (κ1) is 13.1. The maximum Gasteiger partial charge on any atom is 0.259 e. The molecule has 1 amide bonds. The monoisotopic (exact) mass is 257 g/mol. The van der Waals surface area contributed by atoms with Crippen molar-refractivity contribution in [3.63, 3.8) is 0 Å². The Morgan fingerprint density at radius 2 is 1.95 bits per heavy atom. The molecule has 0 radical (unpaired) electrons. The molecule has 0 atom stereocenters. The number of amides is 1. The summed E-state index contributed by atoms with van der Waals surface area (Å²) in [7, 11) is 0. The van der Waals surface area contributed by atoms with Crippen LogP contribution >= 0.6 is 0 Å². The zero-order valence-corrected chi connectivity index (χ0v) is 11.1. The fourth-order valence-corrected chi connectivity index (χ4v) is 2.01. The van der Waals surface area contributed by atoms with Crippen molar-refractivity contribution in [1.29, 1.82) is 0 Å². The molecule has 4 nitrogen and oxygen atoms in total. The standard InChI is InChI=1S/C15H15NO3/c1-9-10(2)19-11(3)14(9)15(18)16-13-6-4-5-12(7-13)8-17/h4-8H,1-3H3,(H,16,18). The third-order valence-corrected chi connectivity index (χ3v) is 3.07. The van der Waals surface area contributed by atoms with Crippen molar-refractivity contribution in [3.8, 4) is 0 Å². The first-order chi connectivity index (χ1) is 9.02. The molecule has 0 saturated carbocycles. The van der Waals surface area contributed by atoms with E-state index in [9.17, 15) is 9.59 Å². The molecule has 98 valence electrons. The number of anilines is 1. The van der Waals surface area contributed by atoms with Gasteiger partial charge in [0.15, 0.2) is 0 Å². The summed E-state index contributed by atoms with van der Waals surface area (Å²) >= 11 is 0. The first-order valence-electron chi connectivity index (χ1n) is 5.96. The van der Waals surface area contributed by atoms with Crippen LogP contribution in [0, 0.1) is 20.8 Å². The lowest BCUT2D eigenvalue weighted by molar-refractivity contribution is 0.102. The first-order valence-corrected chi connectivity index (χ1v) is 5.96. The Hall–Kier alpha value is -2.36. The Morgan fingerprint density at radius 3 is 2.53 bits per heavy atom. The maximum absolute atomic E-state index is 12.2. The zero-order chi connectivity index (χ0) is 14.0. The summed E-state index contributed by atoms with van der Waals surface area (Å²) < 4.78 is 5.43. The Morgan fingerprint density at radius 1 is 1.21 bits per heavy atom. The quantitative estimate of drug-likeness (QED) is 0.858. The van der Waals surface area contributed by atoms with Crippen molar-refractivity contribution in [2.75, 3.05) is 5.32 Å². The molecule has 1 N–H and O–H groups in total. The summed E-state index contributed by atoms with van der Waals surface area (Å²) in [5, 5.41) is 2.77. The lowest BCUT2D eigenvalue weighted by Gasteiger charge is -2.05. The number of furan rings is 1. The predicted molar refractivity (Wildman–Crippen MR) is 72.7 cm³/mol. The van der Waals surface area contributed by atoms with E-state index < -0.39 is 0 Å². The molecule has 4 heteroatoms. The van der Waals surface area contributed by atoms with Crippen molar-refractivity contribution >= 4 is 17.9 Å². The maximum atomic E-state index is 12.2. The Bertz CT molecular complexity index is 641. The lowest BCUT2D eigenvalue weighted by Crippen LogP contribution is -2.13. The summed E-state index contributed by atoms with van der Waals surface area (Å²) in [6.45, 7) is 5.44. The van der Waals surface area contributed by atoms with Gasteiger partial charge in [-0.25, -0.2) is 0 Å². The van der Waals surface area contributed by atoms with E-state index >= 15 is 0 Å². The molecule has 1 heterocycles. The van der Waals surface area contributed by atoms with Crippen molar-refractivity contribution in [2.24, 2.45) is 0 Å². The second-order valence-corrected chi connectivity index (χ2v) is 4.41. The molecule has 0 bridgehead atoms. The average Bonchev–Trinajstić information content (AvgIpc) is 2.63. The number of hydrogen-bond donors (Lipinski definition) is 1. The summed E-state index contributed by atoms with van der Waals surface area (Å²) in [6, 6.07) is 6.77. The summed E-state index contributed by atoms with van der Waals surface area (Å²) in [5.41, 5.74) is 2.50. The molecule has 2 aromatic rings. The van der Waals surface area contributed by atoms with Crippen molar-refractivity contribution in [2.45, 2.75) is 20.8 Å². The van der Waals surface area contributed by atoms with Gasteiger partial charge in [-0.15, -0.1) is 0 Å². The third-order valence-electron chi connectivity index (χ3n) is 3.07. The highest BCUT2D eigenvalue weighted by atomic mass is 16.3. The minimum absolute atomic E-state index is 0.227. The molecule has 0 aliphatic heterocycles. The van der Waals surface area contributed by atoms with E-state index in [4.69, 9.17) is 4.42 Å². The largest absolute Gasteiger partial charge is 0.466 e. The van der Waals surface area contributed by atoms with Gasteiger partial charge in [-0.3, -0.25) is 9.59 Å². The van der Waals surface area contributed by atoms with Gasteiger partial charge < -0.3 is 9.73 Å². The van der Waals surface area contributed by atoms with Crippen molar-refractivity contribution in [1.82, 2.24) is 0 Å². The molecule has 0 spiro atoms. The highest BCUT2D eigenvalue weighted by molar-refractivity contribution is 6.06. The fourth-order valence-electron chi connectivity index (χ4n) is 2.01. The average molecular weight is 257 g/mol. The van der Waals surface area contributed by atoms with Crippen LogP contribution in [-0.2, 0) is 0 Å². The second-order valence-electron chi connectivity index (χ2n) is 4.41. The second kappa shape index (κ2) is 5.10. The number of aryl methyl sites for hydroxylation is 2. The van der Waals surface area contributed by atoms with Gasteiger partial charge in [-0.1, -0.05) is 12.1 Å². The van der Waals surface area contributed by atoms with Crippen LogP contribution in [0.5, 0.6) is 0 Å². The van der Waals surface area contributed by atoms with Crippen LogP contribution in [-0.4, -0.2) is 12.2 Å². The van der Waals surface area contributed by atoms with Crippen LogP contribution in [0.25, 0.3) is 0 Å². The topological polar surface area (TPSA) is 59.3 Å². The fraction of sp³-hybridized carbons (Fsp3) is 0.200. The molecule has 19 heavy (non-hydrogen) atoms. The molecule has 1 aromatic carbocycles. The van der Waals surface area contributed by atoms with Crippen LogP contribution < -0.4 is 5.32 Å². The number of rotatable bonds is 3. The summed E-state index contributed by atoms with van der Waals surface area (Å²) in [4.78, 5) is 22.9. The Kier molecular flexibility index (Phi) is 3.51. The van der Waals surface area contributed by atoms with Gasteiger partial charge in [-0.2, -0.15) is 0 Å². The van der Waals surface area contributed by atoms with Crippen molar-refractivity contribution < 1.29 is 14.0 Å². The molecular weight excluding hydrogens is 242 g/mol. The number of carbonyl (C=O) groups is 2. The Labute approximate surface area is 111 Å². The minimum Gasteiger partial charge on any atom is -0.466 e. The molecule has 0 saturated heterocycles. The molecular formula is C15H15NO3. The SMILES string of the molecule is Cc1oc(C)c(C(=O)Nc2cccc(C=O)c2)c1C. The van der Waals surface area contributed by atoms with E-state index in [-0.39, 0.29) is 5.91 Å². The van der Waals surface area contributed by atoms with Gasteiger partial charge in [0.25, 0.3) is 5.91 Å². The third kappa shape index (κ3) is 2.57. The van der Waals surface area contributed by atoms with E-state index in [2.05, 4.69) is 5.32 Å². The number of carbonyl (C=O) groups excluding carboxylic acids is 2. The smallest absolute Gasteiger partial charge is 0.259 e. The van der Waals surface area contributed by atoms with Crippen LogP contribution in [0.2, 0.25) is 0 Å². The van der Waals surface area contributed by atoms with Crippen LogP contribution in [0.4, 0.5) is 5.69 Å². The minimum atomic E-state index is -0.227. The van der Waals surface area contributed by atoms with Crippen LogP contribution in [0.15, 0.2) is 28.7 Å². The van der Waals surface area contributed by atoms with Crippen LogP contribution in [0.1, 0.15) is 37.8 Å². The van der Waals surface area contributed by atoms with E-state index in [1.165, 1.54) is 0 Å². The number of nitrogens with one attached hydrogen (secondary N) is 1. The molecule has 2 rings (SSSR count). The molecule has 0 aliphatic carbocycles. The Balaban J connectivity index is 2.28. The van der Waals surface area contributed by atoms with Gasteiger partial charge in [-0.05, 0) is 32.9 Å². The van der Waals surface area contributed by atoms with E-state index in [1.54, 1.807) is 31.2 Å². The molecule has 0 unspecified atom stereocenters. The molecule has 1 aromatic heterocycles. The molecule has 0 fully saturated rings. The highest BCUT2D eigenvalue weighted by Crippen LogP contribution is 2.22. The van der Waals surface area contributed by atoms with Gasteiger partial charge in [0.1, 0.15) is 17.8 Å². The van der Waals surface area contributed by atoms with Gasteiger partial charge >= 0.3 is 0 Å². The summed E-state index contributed by atoms with van der Waals surface area (Å²) in [6.07, 6.45) is 0.744. The van der Waals surface area contributed by atoms with E-state index in [1.807, 2.05) is 13.8 Å². The van der Waals surface area contributed by atoms with Gasteiger partial charge in [0.2, 0.25) is 0 Å². The number of benzene rings is 1. The summed E-state index contributed by atoms with van der Waals surface area (Å²) in [5.74, 6) is 1.11. The van der Waals surface area contributed by atoms with Gasteiger partial charge in [0, 0.05) is 16.8 Å². The zero-order valence-electron chi connectivity index (χ0n) is 11.1. The normalized spacial score (nSPS) is 10.3. The van der Waals surface area contributed by atoms with E-state index in [0.29, 0.717) is 22.6 Å². The highest BCUT2D eigenvalue weighted by Gasteiger charge is 2.18. The van der Waals surface area contributed by atoms with E-state index in [0.717, 1.165) is 17.6 Å². The van der Waals surface area contributed by atoms with Gasteiger partial charge in [0.05, 0.1) is 5.56 Å². The number of aldehydes is 1. The van der Waals surface area contributed by atoms with Crippen molar-refractivity contribution in [3.05, 3.63) is 52.5 Å². The predicted octanol–water partition coefficient (Wildman–Crippen LogP) is 3.27. The lowest BCUT2D eigenvalue weighted by atomic mass is 10.1.